The summed E-state index contributed by atoms with van der Waals surface area (Å²) < 4.78 is 15.6. The Kier molecular flexibility index (Phi) is 4.72. The molecule has 1 fully saturated rings. The predicted octanol–water partition coefficient (Wildman–Crippen LogP) is 2.62. The van der Waals surface area contributed by atoms with Crippen molar-refractivity contribution in [1.82, 2.24) is 9.88 Å². The topological polar surface area (TPSA) is 101 Å². The first kappa shape index (κ1) is 20.6. The number of carbonyl (C=O) groups excluding carboxylic acids is 3. The van der Waals surface area contributed by atoms with E-state index < -0.39 is 11.9 Å². The Morgan fingerprint density at radius 2 is 1.97 bits per heavy atom. The number of anilines is 1. The van der Waals surface area contributed by atoms with Gasteiger partial charge in [-0.1, -0.05) is 0 Å². The van der Waals surface area contributed by atoms with Crippen molar-refractivity contribution >= 4 is 34.4 Å². The van der Waals surface area contributed by atoms with E-state index in [0.717, 1.165) is 22.2 Å². The van der Waals surface area contributed by atoms with Crippen LogP contribution in [0.2, 0.25) is 0 Å². The second-order valence-corrected chi connectivity index (χ2v) is 8.79. The van der Waals surface area contributed by atoms with E-state index in [2.05, 4.69) is 4.98 Å². The number of fused-ring (bicyclic) bond motifs is 4. The number of methoxy groups -OCH3 is 1. The van der Waals surface area contributed by atoms with E-state index in [1.54, 1.807) is 23.1 Å². The van der Waals surface area contributed by atoms with Crippen molar-refractivity contribution in [3.8, 4) is 11.5 Å². The van der Waals surface area contributed by atoms with Gasteiger partial charge in [-0.2, -0.15) is 0 Å². The van der Waals surface area contributed by atoms with E-state index in [1.807, 2.05) is 23.1 Å². The van der Waals surface area contributed by atoms with Gasteiger partial charge in [-0.15, -0.1) is 0 Å². The number of hydrogen-bond acceptors (Lipinski definition) is 6. The fourth-order valence-corrected chi connectivity index (χ4v) is 5.08. The van der Waals surface area contributed by atoms with Gasteiger partial charge < -0.3 is 29.0 Å². The molecule has 1 N–H and O–H groups in total. The Morgan fingerprint density at radius 3 is 2.82 bits per heavy atom. The molecule has 1 saturated heterocycles. The molecule has 0 saturated carbocycles. The number of nitrogens with one attached hydrogen (secondary N) is 1. The lowest BCUT2D eigenvalue weighted by atomic mass is 10.0. The Morgan fingerprint density at radius 1 is 1.12 bits per heavy atom. The van der Waals surface area contributed by atoms with Crippen molar-refractivity contribution in [2.75, 3.05) is 31.9 Å². The normalized spacial score (nSPS) is 19.0. The summed E-state index contributed by atoms with van der Waals surface area (Å²) >= 11 is 0. The monoisotopic (exact) mass is 461 g/mol. The number of carbonyl (C=O) groups is 3. The van der Waals surface area contributed by atoms with Crippen LogP contribution in [0.15, 0.2) is 36.4 Å². The predicted molar refractivity (Wildman–Crippen MR) is 122 cm³/mol. The number of rotatable bonds is 3. The van der Waals surface area contributed by atoms with E-state index in [9.17, 15) is 14.4 Å². The second-order valence-electron chi connectivity index (χ2n) is 8.79. The van der Waals surface area contributed by atoms with Crippen LogP contribution in [0.1, 0.15) is 28.0 Å². The summed E-state index contributed by atoms with van der Waals surface area (Å²) in [6.45, 7) is 1.52. The van der Waals surface area contributed by atoms with Gasteiger partial charge in [-0.05, 0) is 30.3 Å². The van der Waals surface area contributed by atoms with E-state index in [1.165, 1.54) is 7.11 Å². The number of hydrogen-bond donors (Lipinski definition) is 1. The molecule has 9 heteroatoms. The van der Waals surface area contributed by atoms with Crippen molar-refractivity contribution in [3.63, 3.8) is 0 Å². The maximum Gasteiger partial charge on any atom is 0.337 e. The summed E-state index contributed by atoms with van der Waals surface area (Å²) in [5.74, 6) is 0.352. The minimum atomic E-state index is -0.407. The molecule has 2 amide bonds. The molecular weight excluding hydrogens is 438 g/mol. The maximum absolute atomic E-state index is 13.4. The van der Waals surface area contributed by atoms with E-state index in [4.69, 9.17) is 14.2 Å². The minimum absolute atomic E-state index is 0.0271. The third kappa shape index (κ3) is 3.27. The summed E-state index contributed by atoms with van der Waals surface area (Å²) in [4.78, 5) is 45.1. The highest BCUT2D eigenvalue weighted by molar-refractivity contribution is 6.01. The van der Waals surface area contributed by atoms with Crippen molar-refractivity contribution in [3.05, 3.63) is 53.2 Å². The number of esters is 1. The Balaban J connectivity index is 1.21. The smallest absolute Gasteiger partial charge is 0.337 e. The van der Waals surface area contributed by atoms with Gasteiger partial charge in [0.1, 0.15) is 0 Å². The van der Waals surface area contributed by atoms with Crippen LogP contribution >= 0.6 is 0 Å². The number of aromatic nitrogens is 1. The Labute approximate surface area is 195 Å². The minimum Gasteiger partial charge on any atom is -0.465 e. The molecular formula is C25H23N3O6. The van der Waals surface area contributed by atoms with Gasteiger partial charge in [0.2, 0.25) is 18.6 Å². The van der Waals surface area contributed by atoms with E-state index in [0.29, 0.717) is 48.8 Å². The van der Waals surface area contributed by atoms with Crippen LogP contribution in [-0.2, 0) is 27.3 Å². The molecule has 1 atom stereocenters. The number of benzene rings is 2. The SMILES string of the molecule is COC(=O)c1ccc2[nH]c3c(c2c1)CN(C(=O)C1CC(=O)N(c2ccc4c(c2)OCO4)C1)CC3. The van der Waals surface area contributed by atoms with Crippen LogP contribution in [0.25, 0.3) is 10.9 Å². The largest absolute Gasteiger partial charge is 0.465 e. The Hall–Kier alpha value is -4.01. The van der Waals surface area contributed by atoms with Crippen LogP contribution < -0.4 is 14.4 Å². The van der Waals surface area contributed by atoms with Gasteiger partial charge >= 0.3 is 5.97 Å². The lowest BCUT2D eigenvalue weighted by molar-refractivity contribution is -0.136. The molecule has 1 aromatic heterocycles. The fraction of sp³-hybridized carbons (Fsp3) is 0.320. The van der Waals surface area contributed by atoms with Crippen molar-refractivity contribution in [1.29, 1.82) is 0 Å². The summed E-state index contributed by atoms with van der Waals surface area (Å²) in [5, 5.41) is 0.917. The lowest BCUT2D eigenvalue weighted by Crippen LogP contribution is -2.40. The molecule has 174 valence electrons. The quantitative estimate of drug-likeness (QED) is 0.602. The van der Waals surface area contributed by atoms with Gasteiger partial charge in [0.05, 0.1) is 18.6 Å². The van der Waals surface area contributed by atoms with Gasteiger partial charge in [0.15, 0.2) is 11.5 Å². The summed E-state index contributed by atoms with van der Waals surface area (Å²) in [6, 6.07) is 10.8. The first-order valence-electron chi connectivity index (χ1n) is 11.2. The zero-order valence-electron chi connectivity index (χ0n) is 18.6. The van der Waals surface area contributed by atoms with Crippen LogP contribution in [0, 0.1) is 5.92 Å². The highest BCUT2D eigenvalue weighted by atomic mass is 16.7. The molecule has 0 bridgehead atoms. The van der Waals surface area contributed by atoms with Gasteiger partial charge in [0.25, 0.3) is 0 Å². The zero-order valence-corrected chi connectivity index (χ0v) is 18.6. The highest BCUT2D eigenvalue weighted by Gasteiger charge is 2.38. The van der Waals surface area contributed by atoms with Crippen LogP contribution in [0.4, 0.5) is 5.69 Å². The van der Waals surface area contributed by atoms with Gasteiger partial charge in [-0.25, -0.2) is 4.79 Å². The number of nitrogens with zero attached hydrogens (tertiary/aromatic N) is 2. The van der Waals surface area contributed by atoms with Crippen LogP contribution in [0.3, 0.4) is 0 Å². The number of H-pyrrole nitrogens is 1. The second kappa shape index (κ2) is 7.79. The lowest BCUT2D eigenvalue weighted by Gasteiger charge is -2.29. The van der Waals surface area contributed by atoms with E-state index >= 15 is 0 Å². The van der Waals surface area contributed by atoms with Crippen LogP contribution in [-0.4, -0.2) is 54.7 Å². The molecule has 0 spiro atoms. The number of amides is 2. The fourth-order valence-electron chi connectivity index (χ4n) is 5.08. The average molecular weight is 461 g/mol. The summed E-state index contributed by atoms with van der Waals surface area (Å²) in [7, 11) is 1.36. The first-order valence-corrected chi connectivity index (χ1v) is 11.2. The molecule has 2 aromatic carbocycles. The molecule has 9 nitrogen and oxygen atoms in total. The van der Waals surface area contributed by atoms with Crippen molar-refractivity contribution in [2.24, 2.45) is 5.92 Å². The molecule has 3 aliphatic rings. The number of ether oxygens (including phenoxy) is 3. The molecule has 1 unspecified atom stereocenters. The third-order valence-electron chi connectivity index (χ3n) is 6.85. The summed E-state index contributed by atoms with van der Waals surface area (Å²) in [5.41, 5.74) is 4.19. The Bertz CT molecular complexity index is 1350. The van der Waals surface area contributed by atoms with Crippen molar-refractivity contribution in [2.45, 2.75) is 19.4 Å². The summed E-state index contributed by atoms with van der Waals surface area (Å²) in [6.07, 6.45) is 0.868. The first-order chi connectivity index (χ1) is 16.5. The van der Waals surface area contributed by atoms with E-state index in [-0.39, 0.29) is 25.0 Å². The average Bonchev–Trinajstić information content (AvgIpc) is 3.58. The number of aromatic amines is 1. The van der Waals surface area contributed by atoms with Gasteiger partial charge in [-0.3, -0.25) is 9.59 Å². The standard InChI is InChI=1S/C25H23N3O6/c1-32-25(31)14-2-4-19-17(8-14)18-12-27(7-6-20(18)26-19)24(30)15-9-23(29)28(11-15)16-3-5-21-22(10-16)34-13-33-21/h2-5,8,10,15,26H,6-7,9,11-13H2,1H3. The molecule has 34 heavy (non-hydrogen) atoms. The molecule has 0 aliphatic carbocycles. The third-order valence-corrected chi connectivity index (χ3v) is 6.85. The highest BCUT2D eigenvalue weighted by Crippen LogP contribution is 2.38. The van der Waals surface area contributed by atoms with Crippen molar-refractivity contribution < 1.29 is 28.6 Å². The maximum atomic E-state index is 13.4. The van der Waals surface area contributed by atoms with Crippen LogP contribution in [0.5, 0.6) is 11.5 Å². The molecule has 6 rings (SSSR count). The molecule has 4 heterocycles. The molecule has 0 radical (unpaired) electrons. The molecule has 3 aliphatic heterocycles. The van der Waals surface area contributed by atoms with Gasteiger partial charge in [0, 0.05) is 66.4 Å². The molecule has 3 aromatic rings. The zero-order chi connectivity index (χ0) is 23.4.